The van der Waals surface area contributed by atoms with Crippen LogP contribution in [0.25, 0.3) is 11.3 Å². The molecule has 2 aliphatic rings. The van der Waals surface area contributed by atoms with E-state index >= 15 is 0 Å². The number of aromatic nitrogens is 2. The number of nitrogens with zero attached hydrogens (tertiary/aromatic N) is 3. The maximum atomic E-state index is 13.7. The van der Waals surface area contributed by atoms with Gasteiger partial charge in [0.25, 0.3) is 5.91 Å². The Morgan fingerprint density at radius 3 is 2.42 bits per heavy atom. The average Bonchev–Trinajstić information content (AvgIpc) is 3.55. The molecule has 40 heavy (non-hydrogen) atoms. The maximum Gasteiger partial charge on any atom is 0.273 e. The molecule has 1 aromatic heterocycles. The number of carbonyl (C=O) groups is 1. The number of nitrogens with one attached hydrogen (secondary N) is 1. The Bertz CT molecular complexity index is 1470. The molecular formula is C31H31ClN4O4. The van der Waals surface area contributed by atoms with Crippen LogP contribution >= 0.6 is 11.6 Å². The fourth-order valence-corrected chi connectivity index (χ4v) is 5.53. The quantitative estimate of drug-likeness (QED) is 0.304. The standard InChI is InChI=1S/C31H31ClN4O4/c1-38-24-10-6-21(7-11-24)28-27-29(34-33-28)31(37)36(15-14-35-16-18-39-19-17-35)30(27)22-8-12-25(13-9-22)40-20-23-4-2-3-5-26(23)32/h2-13,30H,14-20H2,1H3,(H,33,34). The Kier molecular flexibility index (Phi) is 7.73. The second-order valence-corrected chi connectivity index (χ2v) is 10.3. The number of rotatable bonds is 9. The molecule has 1 saturated heterocycles. The van der Waals surface area contributed by atoms with Crippen molar-refractivity contribution in [3.05, 3.63) is 100 Å². The van der Waals surface area contributed by atoms with Crippen LogP contribution in [0, 0.1) is 0 Å². The molecule has 9 heteroatoms. The Morgan fingerprint density at radius 1 is 0.975 bits per heavy atom. The molecule has 1 fully saturated rings. The number of H-pyrrole nitrogens is 1. The zero-order valence-electron chi connectivity index (χ0n) is 22.3. The van der Waals surface area contributed by atoms with Crippen molar-refractivity contribution in [3.8, 4) is 22.8 Å². The molecule has 2 aliphatic heterocycles. The van der Waals surface area contributed by atoms with Crippen LogP contribution in [0.15, 0.2) is 72.8 Å². The number of amides is 1. The lowest BCUT2D eigenvalue weighted by Gasteiger charge is -2.31. The molecule has 3 heterocycles. The molecule has 0 saturated carbocycles. The van der Waals surface area contributed by atoms with Gasteiger partial charge in [-0.1, -0.05) is 41.9 Å². The minimum atomic E-state index is -0.281. The summed E-state index contributed by atoms with van der Waals surface area (Å²) in [5, 5.41) is 8.31. The molecule has 1 amide bonds. The summed E-state index contributed by atoms with van der Waals surface area (Å²) < 4.78 is 16.9. The van der Waals surface area contributed by atoms with Gasteiger partial charge < -0.3 is 19.1 Å². The van der Waals surface area contributed by atoms with Crippen LogP contribution in [0.4, 0.5) is 0 Å². The van der Waals surface area contributed by atoms with Gasteiger partial charge in [0.15, 0.2) is 0 Å². The van der Waals surface area contributed by atoms with E-state index in [1.165, 1.54) is 0 Å². The van der Waals surface area contributed by atoms with Crippen molar-refractivity contribution in [2.24, 2.45) is 0 Å². The summed E-state index contributed by atoms with van der Waals surface area (Å²) in [6.07, 6.45) is 0. The van der Waals surface area contributed by atoms with E-state index in [0.29, 0.717) is 23.9 Å². The second-order valence-electron chi connectivity index (χ2n) is 9.89. The summed E-state index contributed by atoms with van der Waals surface area (Å²) in [6, 6.07) is 23.1. The normalized spacial score (nSPS) is 17.2. The Morgan fingerprint density at radius 2 is 1.70 bits per heavy atom. The van der Waals surface area contributed by atoms with Crippen LogP contribution in [0.2, 0.25) is 5.02 Å². The highest BCUT2D eigenvalue weighted by molar-refractivity contribution is 6.31. The third-order valence-corrected chi connectivity index (χ3v) is 7.90. The van der Waals surface area contributed by atoms with Crippen LogP contribution in [0.3, 0.4) is 0 Å². The molecular weight excluding hydrogens is 528 g/mol. The Hall–Kier alpha value is -3.85. The van der Waals surface area contributed by atoms with E-state index < -0.39 is 0 Å². The third-order valence-electron chi connectivity index (χ3n) is 7.54. The van der Waals surface area contributed by atoms with Crippen molar-refractivity contribution >= 4 is 17.5 Å². The largest absolute Gasteiger partial charge is 0.497 e. The SMILES string of the molecule is COc1ccc(-c2n[nH]c3c2C(c2ccc(OCc4ccccc4Cl)cc2)N(CCN2CCOCC2)C3=O)cc1. The summed E-state index contributed by atoms with van der Waals surface area (Å²) in [5.41, 5.74) is 5.04. The fraction of sp³-hybridized carbons (Fsp3) is 0.290. The van der Waals surface area contributed by atoms with Gasteiger partial charge in [-0.3, -0.25) is 14.8 Å². The van der Waals surface area contributed by atoms with Crippen LogP contribution in [0.1, 0.15) is 33.2 Å². The number of fused-ring (bicyclic) bond motifs is 1. The predicted molar refractivity (Wildman–Crippen MR) is 153 cm³/mol. The van der Waals surface area contributed by atoms with E-state index in [4.69, 9.17) is 25.8 Å². The fourth-order valence-electron chi connectivity index (χ4n) is 5.34. The number of ether oxygens (including phenoxy) is 3. The summed E-state index contributed by atoms with van der Waals surface area (Å²) in [7, 11) is 1.64. The van der Waals surface area contributed by atoms with Crippen molar-refractivity contribution in [2.75, 3.05) is 46.5 Å². The number of hydrogen-bond donors (Lipinski definition) is 1. The summed E-state index contributed by atoms with van der Waals surface area (Å²) in [6.45, 7) is 4.93. The first-order valence-electron chi connectivity index (χ1n) is 13.4. The number of carbonyl (C=O) groups excluding carboxylic acids is 1. The number of hydrogen-bond acceptors (Lipinski definition) is 6. The molecule has 0 radical (unpaired) electrons. The molecule has 8 nitrogen and oxygen atoms in total. The molecule has 206 valence electrons. The monoisotopic (exact) mass is 558 g/mol. The second kappa shape index (κ2) is 11.7. The van der Waals surface area contributed by atoms with Crippen molar-refractivity contribution in [3.63, 3.8) is 0 Å². The summed E-state index contributed by atoms with van der Waals surface area (Å²) >= 11 is 6.29. The van der Waals surface area contributed by atoms with Crippen LogP contribution < -0.4 is 9.47 Å². The predicted octanol–water partition coefficient (Wildman–Crippen LogP) is 5.20. The molecule has 0 spiro atoms. The van der Waals surface area contributed by atoms with Crippen LogP contribution in [0.5, 0.6) is 11.5 Å². The van der Waals surface area contributed by atoms with Crippen LogP contribution in [-0.4, -0.2) is 72.4 Å². The van der Waals surface area contributed by atoms with Gasteiger partial charge in [-0.2, -0.15) is 5.10 Å². The summed E-state index contributed by atoms with van der Waals surface area (Å²) in [4.78, 5) is 18.0. The Balaban J connectivity index is 1.29. The summed E-state index contributed by atoms with van der Waals surface area (Å²) in [5.74, 6) is 1.46. The highest BCUT2D eigenvalue weighted by Crippen LogP contribution is 2.43. The van der Waals surface area contributed by atoms with Gasteiger partial charge in [-0.15, -0.1) is 0 Å². The third kappa shape index (κ3) is 5.30. The highest BCUT2D eigenvalue weighted by atomic mass is 35.5. The number of halogens is 1. The maximum absolute atomic E-state index is 13.7. The van der Waals surface area contributed by atoms with E-state index in [9.17, 15) is 4.79 Å². The van der Waals surface area contributed by atoms with Gasteiger partial charge in [0, 0.05) is 47.9 Å². The molecule has 1 N–H and O–H groups in total. The minimum absolute atomic E-state index is 0.0421. The van der Waals surface area contributed by atoms with E-state index in [0.717, 1.165) is 72.3 Å². The molecule has 3 aromatic carbocycles. The van der Waals surface area contributed by atoms with Gasteiger partial charge in [-0.25, -0.2) is 0 Å². The van der Waals surface area contributed by atoms with E-state index in [1.54, 1.807) is 7.11 Å². The molecule has 0 bridgehead atoms. The zero-order valence-corrected chi connectivity index (χ0v) is 23.1. The highest BCUT2D eigenvalue weighted by Gasteiger charge is 2.42. The molecule has 4 aromatic rings. The molecule has 0 aliphatic carbocycles. The van der Waals surface area contributed by atoms with Crippen molar-refractivity contribution in [1.82, 2.24) is 20.0 Å². The number of methoxy groups -OCH3 is 1. The van der Waals surface area contributed by atoms with Crippen LogP contribution in [-0.2, 0) is 11.3 Å². The lowest BCUT2D eigenvalue weighted by Crippen LogP contribution is -2.42. The van der Waals surface area contributed by atoms with Crippen molar-refractivity contribution in [2.45, 2.75) is 12.6 Å². The van der Waals surface area contributed by atoms with Crippen molar-refractivity contribution < 1.29 is 19.0 Å². The van der Waals surface area contributed by atoms with Gasteiger partial charge in [-0.05, 0) is 48.0 Å². The van der Waals surface area contributed by atoms with Crippen molar-refractivity contribution in [1.29, 1.82) is 0 Å². The minimum Gasteiger partial charge on any atom is -0.497 e. The van der Waals surface area contributed by atoms with Gasteiger partial charge in [0.05, 0.1) is 32.1 Å². The Labute approximate surface area is 238 Å². The first kappa shape index (κ1) is 26.4. The lowest BCUT2D eigenvalue weighted by atomic mass is 9.96. The average molecular weight is 559 g/mol. The van der Waals surface area contributed by atoms with Gasteiger partial charge in [0.2, 0.25) is 0 Å². The first-order valence-corrected chi connectivity index (χ1v) is 13.8. The number of morpholine rings is 1. The topological polar surface area (TPSA) is 79.9 Å². The van der Waals surface area contributed by atoms with E-state index in [1.807, 2.05) is 77.7 Å². The van der Waals surface area contributed by atoms with Gasteiger partial charge in [0.1, 0.15) is 23.8 Å². The molecule has 1 unspecified atom stereocenters. The first-order chi connectivity index (χ1) is 19.6. The van der Waals surface area contributed by atoms with E-state index in [-0.39, 0.29) is 11.9 Å². The zero-order chi connectivity index (χ0) is 27.5. The smallest absolute Gasteiger partial charge is 0.273 e. The van der Waals surface area contributed by atoms with Gasteiger partial charge >= 0.3 is 0 Å². The van der Waals surface area contributed by atoms with E-state index in [2.05, 4.69) is 15.1 Å². The molecule has 6 rings (SSSR count). The lowest BCUT2D eigenvalue weighted by molar-refractivity contribution is 0.0316. The number of aromatic amines is 1. The number of benzene rings is 3. The molecule has 1 atom stereocenters.